The highest BCUT2D eigenvalue weighted by Crippen LogP contribution is 2.54. The van der Waals surface area contributed by atoms with Crippen molar-refractivity contribution in [1.29, 1.82) is 0 Å². The van der Waals surface area contributed by atoms with Crippen LogP contribution >= 0.6 is 0 Å². The van der Waals surface area contributed by atoms with E-state index < -0.39 is 6.10 Å². The van der Waals surface area contributed by atoms with Gasteiger partial charge in [-0.3, -0.25) is 0 Å². The molecule has 0 amide bonds. The second-order valence-electron chi connectivity index (χ2n) is 8.99. The van der Waals surface area contributed by atoms with Crippen LogP contribution in [0.3, 0.4) is 0 Å². The number of rotatable bonds is 6. The Labute approximate surface area is 176 Å². The zero-order chi connectivity index (χ0) is 20.8. The molecule has 30 heavy (non-hydrogen) atoms. The van der Waals surface area contributed by atoms with Crippen LogP contribution in [0.15, 0.2) is 42.5 Å². The number of allylic oxidation sites excluding steroid dienone is 2. The van der Waals surface area contributed by atoms with E-state index in [1.54, 1.807) is 18.2 Å². The number of fused-ring (bicyclic) bond motifs is 1. The highest BCUT2D eigenvalue weighted by Gasteiger charge is 2.42. The fourth-order valence-electron chi connectivity index (χ4n) is 5.61. The van der Waals surface area contributed by atoms with Crippen LogP contribution in [0.25, 0.3) is 5.57 Å². The molecular formula is C26H28F2O2. The number of ether oxygens (including phenoxy) is 1. The summed E-state index contributed by atoms with van der Waals surface area (Å²) in [6, 6.07) is 10.9. The number of halogens is 2. The van der Waals surface area contributed by atoms with Crippen molar-refractivity contribution in [3.8, 4) is 0 Å². The minimum Gasteiger partial charge on any atom is -0.388 e. The van der Waals surface area contributed by atoms with E-state index in [4.69, 9.17) is 4.74 Å². The Morgan fingerprint density at radius 2 is 1.87 bits per heavy atom. The molecule has 2 nitrogen and oxygen atoms in total. The predicted octanol–water partition coefficient (Wildman–Crippen LogP) is 6.47. The van der Waals surface area contributed by atoms with Gasteiger partial charge in [-0.1, -0.05) is 43.7 Å². The Morgan fingerprint density at radius 1 is 1.07 bits per heavy atom. The van der Waals surface area contributed by atoms with Crippen molar-refractivity contribution in [3.05, 3.63) is 76.4 Å². The molecule has 0 radical (unpaired) electrons. The summed E-state index contributed by atoms with van der Waals surface area (Å²) in [5.41, 5.74) is 4.28. The van der Waals surface area contributed by atoms with Gasteiger partial charge in [0.2, 0.25) is 0 Å². The van der Waals surface area contributed by atoms with Gasteiger partial charge in [0.15, 0.2) is 0 Å². The van der Waals surface area contributed by atoms with Gasteiger partial charge >= 0.3 is 0 Å². The molecule has 1 heterocycles. The lowest BCUT2D eigenvalue weighted by molar-refractivity contribution is 0.162. The second-order valence-corrected chi connectivity index (χ2v) is 8.99. The van der Waals surface area contributed by atoms with E-state index in [1.807, 2.05) is 25.1 Å². The maximum Gasteiger partial charge on any atom is 0.129 e. The average Bonchev–Trinajstić information content (AvgIpc) is 3.34. The minimum atomic E-state index is -0.737. The van der Waals surface area contributed by atoms with Gasteiger partial charge in [-0.05, 0) is 72.3 Å². The van der Waals surface area contributed by atoms with Gasteiger partial charge in [0, 0.05) is 11.1 Å². The zero-order valence-corrected chi connectivity index (χ0v) is 17.3. The van der Waals surface area contributed by atoms with Gasteiger partial charge in [0.1, 0.15) is 17.7 Å². The highest BCUT2D eigenvalue weighted by atomic mass is 19.1. The first-order chi connectivity index (χ1) is 14.6. The number of epoxide rings is 1. The van der Waals surface area contributed by atoms with Crippen molar-refractivity contribution < 1.29 is 18.6 Å². The lowest BCUT2D eigenvalue weighted by Crippen LogP contribution is -2.11. The lowest BCUT2D eigenvalue weighted by atomic mass is 9.83. The molecule has 158 valence electrons. The summed E-state index contributed by atoms with van der Waals surface area (Å²) in [5, 5.41) is 10.2. The van der Waals surface area contributed by atoms with Crippen molar-refractivity contribution in [2.75, 3.05) is 6.61 Å². The Bertz CT molecular complexity index is 979. The van der Waals surface area contributed by atoms with Gasteiger partial charge in [0.05, 0.1) is 12.7 Å². The molecule has 0 bridgehead atoms. The monoisotopic (exact) mass is 410 g/mol. The Hall–Kier alpha value is -2.04. The maximum absolute atomic E-state index is 14.7. The molecule has 1 saturated heterocycles. The molecular weight excluding hydrogens is 382 g/mol. The van der Waals surface area contributed by atoms with E-state index in [0.29, 0.717) is 41.9 Å². The van der Waals surface area contributed by atoms with E-state index in [-0.39, 0.29) is 17.7 Å². The van der Waals surface area contributed by atoms with Crippen LogP contribution < -0.4 is 0 Å². The van der Waals surface area contributed by atoms with Gasteiger partial charge in [-0.25, -0.2) is 8.78 Å². The summed E-state index contributed by atoms with van der Waals surface area (Å²) >= 11 is 0. The second kappa shape index (κ2) is 7.90. The molecule has 2 aromatic rings. The molecule has 1 saturated carbocycles. The van der Waals surface area contributed by atoms with Crippen molar-refractivity contribution in [2.24, 2.45) is 11.8 Å². The first kappa shape index (κ1) is 19.9. The minimum absolute atomic E-state index is 0.0751. The molecule has 2 fully saturated rings. The van der Waals surface area contributed by atoms with Crippen LogP contribution in [0.1, 0.15) is 79.4 Å². The van der Waals surface area contributed by atoms with E-state index in [0.717, 1.165) is 36.8 Å². The number of hydrogen-bond donors (Lipinski definition) is 1. The van der Waals surface area contributed by atoms with E-state index in [9.17, 15) is 13.9 Å². The molecule has 0 aromatic heterocycles. The SMILES string of the molecule is CCCC(O)c1ccc(C2CCC3C(c4ccc(C5CO5)c(F)c4)=CCC32)cc1F. The van der Waals surface area contributed by atoms with E-state index in [1.165, 1.54) is 5.57 Å². The van der Waals surface area contributed by atoms with E-state index >= 15 is 0 Å². The molecule has 0 spiro atoms. The molecule has 3 aliphatic rings. The molecule has 2 aromatic carbocycles. The highest BCUT2D eigenvalue weighted by molar-refractivity contribution is 5.71. The Balaban J connectivity index is 1.34. The predicted molar refractivity (Wildman–Crippen MR) is 113 cm³/mol. The third kappa shape index (κ3) is 3.50. The molecule has 5 rings (SSSR count). The molecule has 1 aliphatic heterocycles. The lowest BCUT2D eigenvalue weighted by Gasteiger charge is -2.22. The summed E-state index contributed by atoms with van der Waals surface area (Å²) in [5.74, 6) is 0.644. The first-order valence-electron chi connectivity index (χ1n) is 11.2. The normalized spacial score (nSPS) is 28.3. The molecule has 4 heteroatoms. The summed E-state index contributed by atoms with van der Waals surface area (Å²) in [6.07, 6.45) is 5.82. The Morgan fingerprint density at radius 3 is 2.57 bits per heavy atom. The summed E-state index contributed by atoms with van der Waals surface area (Å²) in [4.78, 5) is 0. The molecule has 5 atom stereocenters. The number of hydrogen-bond acceptors (Lipinski definition) is 2. The number of aliphatic hydroxyl groups is 1. The fourth-order valence-corrected chi connectivity index (χ4v) is 5.61. The van der Waals surface area contributed by atoms with E-state index in [2.05, 4.69) is 6.08 Å². The largest absolute Gasteiger partial charge is 0.388 e. The average molecular weight is 411 g/mol. The van der Waals surface area contributed by atoms with Gasteiger partial charge in [-0.15, -0.1) is 0 Å². The number of aliphatic hydroxyl groups excluding tert-OH is 1. The zero-order valence-electron chi connectivity index (χ0n) is 17.3. The van der Waals surface area contributed by atoms with Crippen molar-refractivity contribution >= 4 is 5.57 Å². The molecule has 2 aliphatic carbocycles. The topological polar surface area (TPSA) is 32.8 Å². The maximum atomic E-state index is 14.7. The Kier molecular flexibility index (Phi) is 5.24. The van der Waals surface area contributed by atoms with Crippen molar-refractivity contribution in [3.63, 3.8) is 0 Å². The number of benzene rings is 2. The molecule has 1 N–H and O–H groups in total. The van der Waals surface area contributed by atoms with Crippen LogP contribution in [0.5, 0.6) is 0 Å². The summed E-state index contributed by atoms with van der Waals surface area (Å²) in [6.45, 7) is 2.59. The van der Waals surface area contributed by atoms with Crippen LogP contribution in [-0.2, 0) is 4.74 Å². The first-order valence-corrected chi connectivity index (χ1v) is 11.2. The summed E-state index contributed by atoms with van der Waals surface area (Å²) in [7, 11) is 0. The summed E-state index contributed by atoms with van der Waals surface area (Å²) < 4.78 is 34.4. The fraction of sp³-hybridized carbons (Fsp3) is 0.462. The van der Waals surface area contributed by atoms with Crippen LogP contribution in [0.2, 0.25) is 0 Å². The molecule has 5 unspecified atom stereocenters. The van der Waals surface area contributed by atoms with Gasteiger partial charge in [-0.2, -0.15) is 0 Å². The van der Waals surface area contributed by atoms with Gasteiger partial charge < -0.3 is 9.84 Å². The van der Waals surface area contributed by atoms with Crippen LogP contribution in [0.4, 0.5) is 8.78 Å². The third-order valence-corrected chi connectivity index (χ3v) is 7.22. The van der Waals surface area contributed by atoms with Crippen LogP contribution in [-0.4, -0.2) is 11.7 Å². The van der Waals surface area contributed by atoms with Crippen molar-refractivity contribution in [1.82, 2.24) is 0 Å². The van der Waals surface area contributed by atoms with Crippen LogP contribution in [0, 0.1) is 23.5 Å². The van der Waals surface area contributed by atoms with Crippen molar-refractivity contribution in [2.45, 2.75) is 57.2 Å². The smallest absolute Gasteiger partial charge is 0.129 e. The van der Waals surface area contributed by atoms with Gasteiger partial charge in [0.25, 0.3) is 0 Å². The quantitative estimate of drug-likeness (QED) is 0.554. The standard InChI is InChI=1S/C26H28F2O2/c1-2-3-25(29)21-6-4-15(12-23(21)27)17-8-10-20-18(9-11-19(17)20)16-5-7-22(24(28)13-16)26-14-30-26/h4-7,9,12-13,17,19-20,25-26,29H,2-3,8,10-11,14H2,1H3. The third-order valence-electron chi connectivity index (χ3n) is 7.22.